The minimum atomic E-state index is -3.70. The molecule has 1 aliphatic rings. The molecule has 0 unspecified atom stereocenters. The molecule has 0 radical (unpaired) electrons. The van der Waals surface area contributed by atoms with Gasteiger partial charge in [-0.2, -0.15) is 0 Å². The van der Waals surface area contributed by atoms with Crippen molar-refractivity contribution >= 4 is 21.6 Å². The molecule has 0 atom stereocenters. The van der Waals surface area contributed by atoms with Crippen molar-refractivity contribution in [2.45, 2.75) is 29.8 Å². The Labute approximate surface area is 105 Å². The van der Waals surface area contributed by atoms with Crippen molar-refractivity contribution in [2.75, 3.05) is 6.54 Å². The van der Waals surface area contributed by atoms with Gasteiger partial charge in [-0.15, -0.1) is 0 Å². The number of hydrogen-bond donors (Lipinski definition) is 2. The Balaban J connectivity index is 2.12. The van der Waals surface area contributed by atoms with Gasteiger partial charge in [-0.1, -0.05) is 11.6 Å². The van der Waals surface area contributed by atoms with E-state index in [0.717, 1.165) is 6.42 Å². The molecule has 1 saturated carbocycles. The van der Waals surface area contributed by atoms with Gasteiger partial charge in [-0.25, -0.2) is 13.1 Å². The molecular weight excluding hydrogens is 264 g/mol. The highest BCUT2D eigenvalue weighted by molar-refractivity contribution is 7.89. The predicted molar refractivity (Wildman–Crippen MR) is 63.2 cm³/mol. The largest absolute Gasteiger partial charge is 0.389 e. The summed E-state index contributed by atoms with van der Waals surface area (Å²) >= 11 is 5.78. The molecule has 94 valence electrons. The van der Waals surface area contributed by atoms with Crippen LogP contribution in [0.2, 0.25) is 5.02 Å². The molecule has 1 aromatic rings. The van der Waals surface area contributed by atoms with Crippen molar-refractivity contribution in [1.29, 1.82) is 0 Å². The Morgan fingerprint density at radius 1 is 1.53 bits per heavy atom. The van der Waals surface area contributed by atoms with Crippen LogP contribution in [-0.2, 0) is 10.0 Å². The second kappa shape index (κ2) is 4.53. The van der Waals surface area contributed by atoms with Gasteiger partial charge in [-0.3, -0.25) is 4.98 Å². The average Bonchev–Trinajstić information content (AvgIpc) is 2.24. The Morgan fingerprint density at radius 3 is 2.76 bits per heavy atom. The zero-order chi connectivity index (χ0) is 12.5. The Kier molecular flexibility index (Phi) is 3.40. The van der Waals surface area contributed by atoms with E-state index in [1.807, 2.05) is 0 Å². The maximum absolute atomic E-state index is 11.9. The zero-order valence-electron chi connectivity index (χ0n) is 9.06. The van der Waals surface area contributed by atoms with Crippen LogP contribution in [0.1, 0.15) is 19.3 Å². The lowest BCUT2D eigenvalue weighted by Crippen LogP contribution is -2.47. The normalized spacial score (nSPS) is 18.7. The van der Waals surface area contributed by atoms with Crippen LogP contribution in [0, 0.1) is 0 Å². The third-order valence-electron chi connectivity index (χ3n) is 2.90. The van der Waals surface area contributed by atoms with E-state index in [2.05, 4.69) is 9.71 Å². The van der Waals surface area contributed by atoms with Crippen LogP contribution < -0.4 is 4.72 Å². The van der Waals surface area contributed by atoms with Crippen molar-refractivity contribution in [1.82, 2.24) is 9.71 Å². The summed E-state index contributed by atoms with van der Waals surface area (Å²) in [7, 11) is -3.70. The summed E-state index contributed by atoms with van der Waals surface area (Å²) in [6.07, 6.45) is 4.77. The van der Waals surface area contributed by atoms with Crippen LogP contribution in [0.4, 0.5) is 0 Å². The fourth-order valence-corrected chi connectivity index (χ4v) is 3.18. The summed E-state index contributed by atoms with van der Waals surface area (Å²) in [5, 5.41) is 9.93. The smallest absolute Gasteiger partial charge is 0.243 e. The summed E-state index contributed by atoms with van der Waals surface area (Å²) < 4.78 is 26.1. The topological polar surface area (TPSA) is 79.3 Å². The lowest BCUT2D eigenvalue weighted by atomic mass is 9.81. The van der Waals surface area contributed by atoms with Crippen LogP contribution in [0.5, 0.6) is 0 Å². The van der Waals surface area contributed by atoms with Crippen molar-refractivity contribution in [3.05, 3.63) is 23.5 Å². The Morgan fingerprint density at radius 2 is 2.24 bits per heavy atom. The van der Waals surface area contributed by atoms with Crippen molar-refractivity contribution < 1.29 is 13.5 Å². The first-order valence-electron chi connectivity index (χ1n) is 5.25. The summed E-state index contributed by atoms with van der Waals surface area (Å²) in [5.41, 5.74) is -0.901. The Hall–Kier alpha value is -0.690. The number of hydrogen-bond acceptors (Lipinski definition) is 4. The number of halogens is 1. The quantitative estimate of drug-likeness (QED) is 0.857. The van der Waals surface area contributed by atoms with Gasteiger partial charge in [0.15, 0.2) is 0 Å². The highest BCUT2D eigenvalue weighted by Gasteiger charge is 2.35. The minimum absolute atomic E-state index is 0.0144. The third-order valence-corrected chi connectivity index (χ3v) is 4.77. The summed E-state index contributed by atoms with van der Waals surface area (Å²) in [6, 6.07) is 1.41. The van der Waals surface area contributed by atoms with Gasteiger partial charge in [0.2, 0.25) is 10.0 Å². The van der Waals surface area contributed by atoms with E-state index in [9.17, 15) is 13.5 Å². The second-order valence-electron chi connectivity index (χ2n) is 4.21. The molecule has 17 heavy (non-hydrogen) atoms. The van der Waals surface area contributed by atoms with Crippen LogP contribution in [0.25, 0.3) is 0 Å². The number of rotatable bonds is 4. The lowest BCUT2D eigenvalue weighted by Gasteiger charge is -2.36. The molecule has 0 amide bonds. The summed E-state index contributed by atoms with van der Waals surface area (Å²) in [6.45, 7) is 0.0144. The molecule has 5 nitrogen and oxygen atoms in total. The third kappa shape index (κ3) is 2.77. The van der Waals surface area contributed by atoms with E-state index in [-0.39, 0.29) is 16.5 Å². The van der Waals surface area contributed by atoms with E-state index < -0.39 is 15.6 Å². The molecule has 0 saturated heterocycles. The number of nitrogens with one attached hydrogen (secondary N) is 1. The fraction of sp³-hybridized carbons (Fsp3) is 0.500. The van der Waals surface area contributed by atoms with Gasteiger partial charge in [0.05, 0.1) is 10.6 Å². The van der Waals surface area contributed by atoms with Crippen LogP contribution >= 0.6 is 11.6 Å². The molecule has 1 fully saturated rings. The van der Waals surface area contributed by atoms with Crippen molar-refractivity contribution in [3.63, 3.8) is 0 Å². The van der Waals surface area contributed by atoms with E-state index in [4.69, 9.17) is 11.6 Å². The Bertz CT molecular complexity index is 514. The number of aromatic nitrogens is 1. The fourth-order valence-electron chi connectivity index (χ4n) is 1.63. The second-order valence-corrected chi connectivity index (χ2v) is 6.35. The zero-order valence-corrected chi connectivity index (χ0v) is 10.6. The van der Waals surface area contributed by atoms with Gasteiger partial charge in [0, 0.05) is 18.9 Å². The predicted octanol–water partition coefficient (Wildman–Crippen LogP) is 0.928. The van der Waals surface area contributed by atoms with Crippen molar-refractivity contribution in [3.8, 4) is 0 Å². The number of sulfonamides is 1. The lowest BCUT2D eigenvalue weighted by molar-refractivity contribution is -0.0270. The van der Waals surface area contributed by atoms with Crippen LogP contribution in [0.15, 0.2) is 23.4 Å². The maximum Gasteiger partial charge on any atom is 0.243 e. The van der Waals surface area contributed by atoms with Gasteiger partial charge >= 0.3 is 0 Å². The molecule has 1 heterocycles. The van der Waals surface area contributed by atoms with Gasteiger partial charge in [0.25, 0.3) is 0 Å². The van der Waals surface area contributed by atoms with Crippen LogP contribution in [0.3, 0.4) is 0 Å². The van der Waals surface area contributed by atoms with Gasteiger partial charge in [-0.05, 0) is 25.3 Å². The first-order chi connectivity index (χ1) is 7.93. The SMILES string of the molecule is O=S(=O)(NCC1(O)CCC1)c1cnccc1Cl. The van der Waals surface area contributed by atoms with Gasteiger partial charge in [0.1, 0.15) is 4.90 Å². The molecule has 0 spiro atoms. The molecular formula is C10H13ClN2O3S. The van der Waals surface area contributed by atoms with Crippen molar-refractivity contribution in [2.24, 2.45) is 0 Å². The molecule has 1 aromatic heterocycles. The van der Waals surface area contributed by atoms with Gasteiger partial charge < -0.3 is 5.11 Å². The molecule has 2 N–H and O–H groups in total. The molecule has 1 aliphatic carbocycles. The minimum Gasteiger partial charge on any atom is -0.389 e. The highest BCUT2D eigenvalue weighted by atomic mass is 35.5. The molecule has 7 heteroatoms. The molecule has 0 aromatic carbocycles. The number of nitrogens with zero attached hydrogens (tertiary/aromatic N) is 1. The van der Waals surface area contributed by atoms with E-state index in [1.54, 1.807) is 0 Å². The average molecular weight is 277 g/mol. The molecule has 0 aliphatic heterocycles. The first-order valence-corrected chi connectivity index (χ1v) is 7.11. The molecule has 2 rings (SSSR count). The summed E-state index contributed by atoms with van der Waals surface area (Å²) in [5.74, 6) is 0. The highest BCUT2D eigenvalue weighted by Crippen LogP contribution is 2.31. The maximum atomic E-state index is 11.9. The van der Waals surface area contributed by atoms with E-state index >= 15 is 0 Å². The van der Waals surface area contributed by atoms with E-state index in [0.29, 0.717) is 12.8 Å². The molecule has 0 bridgehead atoms. The number of aliphatic hydroxyl groups is 1. The van der Waals surface area contributed by atoms with Crippen LogP contribution in [-0.4, -0.2) is 30.7 Å². The standard InChI is InChI=1S/C10H13ClN2O3S/c11-8-2-5-12-6-9(8)17(15,16)13-7-10(14)3-1-4-10/h2,5-6,13-14H,1,3-4,7H2. The monoisotopic (exact) mass is 276 g/mol. The first kappa shape index (κ1) is 12.8. The number of pyridine rings is 1. The van der Waals surface area contributed by atoms with E-state index in [1.165, 1.54) is 18.5 Å². The summed E-state index contributed by atoms with van der Waals surface area (Å²) in [4.78, 5) is 3.66.